The van der Waals surface area contributed by atoms with Crippen LogP contribution in [-0.4, -0.2) is 25.8 Å². The van der Waals surface area contributed by atoms with Crippen LogP contribution >= 0.6 is 11.6 Å². The molecule has 1 fully saturated rings. The van der Waals surface area contributed by atoms with E-state index in [1.54, 1.807) is 6.20 Å². The summed E-state index contributed by atoms with van der Waals surface area (Å²) >= 11 is 6.15. The van der Waals surface area contributed by atoms with Gasteiger partial charge in [0.1, 0.15) is 17.2 Å². The highest BCUT2D eigenvalue weighted by Gasteiger charge is 2.27. The molecule has 20 heavy (non-hydrogen) atoms. The highest BCUT2D eigenvalue weighted by Crippen LogP contribution is 2.32. The first-order chi connectivity index (χ1) is 9.75. The molecule has 2 atom stereocenters. The van der Waals surface area contributed by atoms with Crippen molar-refractivity contribution in [2.45, 2.75) is 37.8 Å². The van der Waals surface area contributed by atoms with Gasteiger partial charge in [-0.3, -0.25) is 4.68 Å². The average Bonchev–Trinajstić information content (AvgIpc) is 2.98. The Hall–Kier alpha value is -1.82. The minimum absolute atomic E-state index is 0.246. The summed E-state index contributed by atoms with van der Waals surface area (Å²) in [4.78, 5) is 8.06. The number of anilines is 2. The van der Waals surface area contributed by atoms with Crippen molar-refractivity contribution in [2.75, 3.05) is 11.1 Å². The summed E-state index contributed by atoms with van der Waals surface area (Å²) in [6.07, 6.45) is 9.79. The molecule has 0 bridgehead atoms. The summed E-state index contributed by atoms with van der Waals surface area (Å²) in [6.45, 7) is 0. The van der Waals surface area contributed by atoms with Gasteiger partial charge in [-0.1, -0.05) is 24.4 Å². The van der Waals surface area contributed by atoms with Crippen LogP contribution < -0.4 is 11.1 Å². The Morgan fingerprint density at radius 3 is 2.95 bits per heavy atom. The number of hydrogen-bond donors (Lipinski definition) is 2. The second-order valence-electron chi connectivity index (χ2n) is 5.01. The van der Waals surface area contributed by atoms with E-state index in [9.17, 15) is 0 Å². The van der Waals surface area contributed by atoms with Crippen molar-refractivity contribution in [3.63, 3.8) is 0 Å². The van der Waals surface area contributed by atoms with Crippen LogP contribution in [-0.2, 0) is 0 Å². The van der Waals surface area contributed by atoms with Crippen LogP contribution in [0.3, 0.4) is 0 Å². The van der Waals surface area contributed by atoms with Gasteiger partial charge >= 0.3 is 0 Å². The normalized spacial score (nSPS) is 22.6. The summed E-state index contributed by atoms with van der Waals surface area (Å²) in [5, 5.41) is 8.15. The van der Waals surface area contributed by atoms with Gasteiger partial charge in [-0.15, -0.1) is 0 Å². The summed E-state index contributed by atoms with van der Waals surface area (Å²) in [5.74, 6) is 0.902. The number of halogens is 1. The molecule has 0 aromatic carbocycles. The van der Waals surface area contributed by atoms with Gasteiger partial charge in [0.05, 0.1) is 12.1 Å². The molecule has 6 nitrogen and oxygen atoms in total. The van der Waals surface area contributed by atoms with Crippen molar-refractivity contribution in [1.29, 1.82) is 0 Å². The van der Waals surface area contributed by atoms with Crippen molar-refractivity contribution >= 4 is 23.2 Å². The standard InChI is InChI=1S/C13H17ClN6/c14-11-12(15)16-8-17-13(11)19-9-4-1-2-5-10(9)20-7-3-6-18-20/h3,6-10H,1-2,4-5H2,(H3,15,16,17,19)/t9-,10+/m0/s1. The van der Waals surface area contributed by atoms with Crippen molar-refractivity contribution < 1.29 is 0 Å². The molecule has 0 radical (unpaired) electrons. The molecular formula is C13H17ClN6. The number of nitrogens with zero attached hydrogens (tertiary/aromatic N) is 4. The van der Waals surface area contributed by atoms with Gasteiger partial charge in [0.25, 0.3) is 0 Å². The van der Waals surface area contributed by atoms with Crippen LogP contribution in [0.2, 0.25) is 5.02 Å². The Labute approximate surface area is 122 Å². The third kappa shape index (κ3) is 2.56. The van der Waals surface area contributed by atoms with Gasteiger partial charge in [-0.2, -0.15) is 5.10 Å². The third-order valence-corrected chi connectivity index (χ3v) is 4.11. The van der Waals surface area contributed by atoms with Gasteiger partial charge < -0.3 is 11.1 Å². The van der Waals surface area contributed by atoms with E-state index in [0.717, 1.165) is 12.8 Å². The number of nitrogens with two attached hydrogens (primary N) is 1. The summed E-state index contributed by atoms with van der Waals surface area (Å²) in [6, 6.07) is 2.50. The highest BCUT2D eigenvalue weighted by atomic mass is 35.5. The van der Waals surface area contributed by atoms with Crippen molar-refractivity contribution in [2.24, 2.45) is 0 Å². The number of rotatable bonds is 3. The Bertz CT molecular complexity index is 570. The van der Waals surface area contributed by atoms with Crippen molar-refractivity contribution in [3.05, 3.63) is 29.8 Å². The van der Waals surface area contributed by atoms with Crippen LogP contribution in [0.15, 0.2) is 24.8 Å². The Kier molecular flexibility index (Phi) is 3.73. The highest BCUT2D eigenvalue weighted by molar-refractivity contribution is 6.35. The van der Waals surface area contributed by atoms with Crippen LogP contribution in [0.25, 0.3) is 0 Å². The van der Waals surface area contributed by atoms with Gasteiger partial charge in [0.2, 0.25) is 0 Å². The molecule has 0 saturated heterocycles. The molecule has 0 aliphatic heterocycles. The molecule has 0 amide bonds. The zero-order valence-electron chi connectivity index (χ0n) is 11.0. The number of hydrogen-bond acceptors (Lipinski definition) is 5. The second-order valence-corrected chi connectivity index (χ2v) is 5.39. The first-order valence-corrected chi connectivity index (χ1v) is 7.15. The maximum absolute atomic E-state index is 6.15. The van der Waals surface area contributed by atoms with Crippen LogP contribution in [0.4, 0.5) is 11.6 Å². The molecule has 1 saturated carbocycles. The molecule has 2 heterocycles. The predicted molar refractivity (Wildman–Crippen MR) is 78.6 cm³/mol. The van der Waals surface area contributed by atoms with Gasteiger partial charge in [-0.05, 0) is 18.9 Å². The van der Waals surface area contributed by atoms with Crippen molar-refractivity contribution in [1.82, 2.24) is 19.7 Å². The zero-order chi connectivity index (χ0) is 13.9. The smallest absolute Gasteiger partial charge is 0.150 e. The molecule has 0 unspecified atom stereocenters. The molecule has 3 N–H and O–H groups in total. The van der Waals surface area contributed by atoms with E-state index >= 15 is 0 Å². The summed E-state index contributed by atoms with van der Waals surface area (Å²) in [5.41, 5.74) is 5.71. The average molecular weight is 293 g/mol. The molecule has 106 valence electrons. The molecule has 2 aromatic heterocycles. The molecule has 7 heteroatoms. The predicted octanol–water partition coefficient (Wildman–Crippen LogP) is 2.50. The Morgan fingerprint density at radius 2 is 2.15 bits per heavy atom. The Morgan fingerprint density at radius 1 is 1.30 bits per heavy atom. The van der Waals surface area contributed by atoms with E-state index in [0.29, 0.717) is 22.7 Å². The fraction of sp³-hybridized carbons (Fsp3) is 0.462. The largest absolute Gasteiger partial charge is 0.382 e. The second kappa shape index (κ2) is 5.66. The number of aromatic nitrogens is 4. The minimum atomic E-state index is 0.246. The SMILES string of the molecule is Nc1ncnc(N[C@H]2CCCC[C@H]2n2cccn2)c1Cl. The zero-order valence-corrected chi connectivity index (χ0v) is 11.8. The third-order valence-electron chi connectivity index (χ3n) is 3.73. The summed E-state index contributed by atoms with van der Waals surface area (Å²) in [7, 11) is 0. The van der Waals surface area contributed by atoms with Gasteiger partial charge in [0.15, 0.2) is 5.82 Å². The van der Waals surface area contributed by atoms with E-state index in [4.69, 9.17) is 17.3 Å². The molecule has 1 aliphatic carbocycles. The minimum Gasteiger partial charge on any atom is -0.382 e. The first-order valence-electron chi connectivity index (χ1n) is 6.77. The fourth-order valence-corrected chi connectivity index (χ4v) is 2.88. The quantitative estimate of drug-likeness (QED) is 0.908. The van der Waals surface area contributed by atoms with E-state index in [2.05, 4.69) is 20.4 Å². The van der Waals surface area contributed by atoms with E-state index in [1.807, 2.05) is 16.9 Å². The van der Waals surface area contributed by atoms with Gasteiger partial charge in [0, 0.05) is 12.4 Å². The van der Waals surface area contributed by atoms with E-state index in [1.165, 1.54) is 19.2 Å². The molecule has 1 aliphatic rings. The molecule has 3 rings (SSSR count). The monoisotopic (exact) mass is 292 g/mol. The maximum Gasteiger partial charge on any atom is 0.150 e. The van der Waals surface area contributed by atoms with Crippen LogP contribution in [0, 0.1) is 0 Å². The van der Waals surface area contributed by atoms with Crippen LogP contribution in [0.1, 0.15) is 31.7 Å². The molecular weight excluding hydrogens is 276 g/mol. The molecule has 0 spiro atoms. The van der Waals surface area contributed by atoms with Crippen molar-refractivity contribution in [3.8, 4) is 0 Å². The topological polar surface area (TPSA) is 81.6 Å². The maximum atomic E-state index is 6.15. The lowest BCUT2D eigenvalue weighted by Gasteiger charge is -2.32. The van der Waals surface area contributed by atoms with E-state index < -0.39 is 0 Å². The number of nitrogens with one attached hydrogen (secondary N) is 1. The molecule has 2 aromatic rings. The Balaban J connectivity index is 1.82. The lowest BCUT2D eigenvalue weighted by molar-refractivity contribution is 0.301. The first kappa shape index (κ1) is 13.2. The van der Waals surface area contributed by atoms with Crippen LogP contribution in [0.5, 0.6) is 0 Å². The number of nitrogen functional groups attached to an aromatic ring is 1. The lowest BCUT2D eigenvalue weighted by Crippen LogP contribution is -2.35. The van der Waals surface area contributed by atoms with E-state index in [-0.39, 0.29) is 6.04 Å². The summed E-state index contributed by atoms with van der Waals surface area (Å²) < 4.78 is 2.01. The fourth-order valence-electron chi connectivity index (χ4n) is 2.73. The van der Waals surface area contributed by atoms with Gasteiger partial charge in [-0.25, -0.2) is 9.97 Å². The lowest BCUT2D eigenvalue weighted by atomic mass is 9.90.